The Morgan fingerprint density at radius 1 is 0.889 bits per heavy atom. The molecule has 0 bridgehead atoms. The van der Waals surface area contributed by atoms with Gasteiger partial charge in [-0.25, -0.2) is 0 Å². The van der Waals surface area contributed by atoms with E-state index in [0.29, 0.717) is 5.92 Å². The molecule has 1 unspecified atom stereocenters. The zero-order chi connectivity index (χ0) is 18.8. The molecule has 2 aliphatic rings. The predicted molar refractivity (Wildman–Crippen MR) is 116 cm³/mol. The van der Waals surface area contributed by atoms with Crippen LogP contribution < -0.4 is 0 Å². The van der Waals surface area contributed by atoms with Gasteiger partial charge in [0.1, 0.15) is 0 Å². The molecule has 27 heavy (non-hydrogen) atoms. The average Bonchev–Trinajstić information content (AvgIpc) is 3.28. The van der Waals surface area contributed by atoms with E-state index in [2.05, 4.69) is 94.5 Å². The first-order valence-electron chi connectivity index (χ1n) is 9.98. The summed E-state index contributed by atoms with van der Waals surface area (Å²) in [6.45, 7) is 9.32. The molecule has 0 heterocycles. The van der Waals surface area contributed by atoms with E-state index in [1.807, 2.05) is 0 Å². The summed E-state index contributed by atoms with van der Waals surface area (Å²) in [6.07, 6.45) is 7.91. The van der Waals surface area contributed by atoms with Crippen molar-refractivity contribution in [3.63, 3.8) is 0 Å². The monoisotopic (exact) mass is 350 g/mol. The first-order valence-corrected chi connectivity index (χ1v) is 9.98. The van der Waals surface area contributed by atoms with Gasteiger partial charge in [0.25, 0.3) is 0 Å². The summed E-state index contributed by atoms with van der Waals surface area (Å²) in [5, 5.41) is 2.80. The van der Waals surface area contributed by atoms with E-state index in [1.54, 1.807) is 0 Å². The van der Waals surface area contributed by atoms with Crippen LogP contribution in [0.1, 0.15) is 48.4 Å². The highest BCUT2D eigenvalue weighted by molar-refractivity contribution is 6.03. The van der Waals surface area contributed by atoms with Crippen LogP contribution >= 0.6 is 0 Å². The number of hydrogen-bond donors (Lipinski definition) is 0. The molecular weight excluding hydrogens is 324 g/mol. The summed E-state index contributed by atoms with van der Waals surface area (Å²) in [4.78, 5) is 0. The van der Waals surface area contributed by atoms with Crippen molar-refractivity contribution in [3.8, 4) is 11.1 Å². The molecule has 0 spiro atoms. The zero-order valence-electron chi connectivity index (χ0n) is 16.6. The van der Waals surface area contributed by atoms with Gasteiger partial charge in [-0.1, -0.05) is 91.7 Å². The number of hydrogen-bond acceptors (Lipinski definition) is 0. The number of allylic oxidation sites excluding steroid dienone is 4. The topological polar surface area (TPSA) is 0 Å². The van der Waals surface area contributed by atoms with Crippen molar-refractivity contribution in [2.75, 3.05) is 0 Å². The van der Waals surface area contributed by atoms with Gasteiger partial charge in [-0.05, 0) is 64.3 Å². The summed E-state index contributed by atoms with van der Waals surface area (Å²) in [7, 11) is 0. The van der Waals surface area contributed by atoms with Crippen LogP contribution in [0.4, 0.5) is 0 Å². The zero-order valence-corrected chi connectivity index (χ0v) is 16.6. The SMILES string of the molecule is Cc1ccc2c(C)cc3c(c2c1)-c1ccccc1C3C(C)(C)C1=CC=CC1. The standard InChI is InChI=1S/C27H26/c1-17-13-14-20-18(2)16-24-25(23(20)15-17)21-11-7-8-12-22(21)26(24)27(3,4)19-9-5-6-10-19/h5-9,11-16,26H,10H2,1-4H3. The van der Waals surface area contributed by atoms with Crippen molar-refractivity contribution in [2.24, 2.45) is 5.41 Å². The van der Waals surface area contributed by atoms with Crippen LogP contribution in [0.5, 0.6) is 0 Å². The molecule has 0 nitrogen and oxygen atoms in total. The van der Waals surface area contributed by atoms with Crippen LogP contribution in [0.2, 0.25) is 0 Å². The maximum Gasteiger partial charge on any atom is 0.0191 e. The summed E-state index contributed by atoms with van der Waals surface area (Å²) in [6, 6.07) is 18.4. The Hall–Kier alpha value is -2.60. The molecule has 0 aromatic heterocycles. The van der Waals surface area contributed by atoms with Gasteiger partial charge in [0.05, 0.1) is 0 Å². The second-order valence-corrected chi connectivity index (χ2v) is 8.77. The lowest BCUT2D eigenvalue weighted by Gasteiger charge is -2.35. The Kier molecular flexibility index (Phi) is 3.49. The molecule has 0 aliphatic heterocycles. The molecule has 3 aromatic carbocycles. The average molecular weight is 351 g/mol. The van der Waals surface area contributed by atoms with Gasteiger partial charge in [-0.2, -0.15) is 0 Å². The van der Waals surface area contributed by atoms with Crippen LogP contribution in [-0.4, -0.2) is 0 Å². The van der Waals surface area contributed by atoms with Gasteiger partial charge in [-0.15, -0.1) is 0 Å². The molecule has 2 aliphatic carbocycles. The van der Waals surface area contributed by atoms with Crippen LogP contribution in [0.15, 0.2) is 72.3 Å². The van der Waals surface area contributed by atoms with Crippen LogP contribution in [0.3, 0.4) is 0 Å². The second kappa shape index (κ2) is 5.70. The molecule has 5 rings (SSSR count). The van der Waals surface area contributed by atoms with Gasteiger partial charge in [-0.3, -0.25) is 0 Å². The third kappa shape index (κ3) is 2.29. The van der Waals surface area contributed by atoms with Crippen molar-refractivity contribution >= 4 is 10.8 Å². The quantitative estimate of drug-likeness (QED) is 0.449. The lowest BCUT2D eigenvalue weighted by molar-refractivity contribution is 0.388. The summed E-state index contributed by atoms with van der Waals surface area (Å²) in [5.41, 5.74) is 10.2. The van der Waals surface area contributed by atoms with E-state index >= 15 is 0 Å². The molecular formula is C27H26. The Labute approximate surface area is 162 Å². The van der Waals surface area contributed by atoms with Crippen LogP contribution in [-0.2, 0) is 0 Å². The largest absolute Gasteiger partial charge is 0.0804 e. The van der Waals surface area contributed by atoms with Crippen molar-refractivity contribution in [2.45, 2.75) is 40.0 Å². The molecule has 0 heteroatoms. The number of rotatable bonds is 2. The van der Waals surface area contributed by atoms with Crippen molar-refractivity contribution in [1.29, 1.82) is 0 Å². The molecule has 0 N–H and O–H groups in total. The van der Waals surface area contributed by atoms with Crippen molar-refractivity contribution in [1.82, 2.24) is 0 Å². The molecule has 1 atom stereocenters. The maximum absolute atomic E-state index is 2.46. The molecule has 0 radical (unpaired) electrons. The smallest absolute Gasteiger partial charge is 0.0191 e. The second-order valence-electron chi connectivity index (χ2n) is 8.77. The highest BCUT2D eigenvalue weighted by Gasteiger charge is 2.42. The van der Waals surface area contributed by atoms with Crippen LogP contribution in [0, 0.1) is 19.3 Å². The third-order valence-electron chi connectivity index (χ3n) is 6.70. The van der Waals surface area contributed by atoms with Crippen molar-refractivity contribution in [3.05, 3.63) is 94.6 Å². The minimum absolute atomic E-state index is 0.0921. The number of fused-ring (bicyclic) bond motifs is 5. The van der Waals surface area contributed by atoms with Crippen molar-refractivity contribution < 1.29 is 0 Å². The Morgan fingerprint density at radius 2 is 1.70 bits per heavy atom. The molecule has 0 saturated carbocycles. The van der Waals surface area contributed by atoms with Gasteiger partial charge in [0.2, 0.25) is 0 Å². The van der Waals surface area contributed by atoms with E-state index in [-0.39, 0.29) is 5.41 Å². The van der Waals surface area contributed by atoms with Gasteiger partial charge in [0.15, 0.2) is 0 Å². The first kappa shape index (κ1) is 16.6. The highest BCUT2D eigenvalue weighted by Crippen LogP contribution is 2.57. The van der Waals surface area contributed by atoms with Crippen LogP contribution in [0.25, 0.3) is 21.9 Å². The molecule has 3 aromatic rings. The van der Waals surface area contributed by atoms with E-state index in [1.165, 1.54) is 49.7 Å². The molecule has 0 amide bonds. The molecule has 134 valence electrons. The fourth-order valence-electron chi connectivity index (χ4n) is 5.31. The summed E-state index contributed by atoms with van der Waals surface area (Å²) < 4.78 is 0. The van der Waals surface area contributed by atoms with Gasteiger partial charge < -0.3 is 0 Å². The van der Waals surface area contributed by atoms with Gasteiger partial charge in [0, 0.05) is 5.92 Å². The summed E-state index contributed by atoms with van der Waals surface area (Å²) >= 11 is 0. The first-order chi connectivity index (χ1) is 13.0. The fraction of sp³-hybridized carbons (Fsp3) is 0.259. The normalized spacial score (nSPS) is 17.9. The van der Waals surface area contributed by atoms with E-state index < -0.39 is 0 Å². The van der Waals surface area contributed by atoms with E-state index in [0.717, 1.165) is 6.42 Å². The predicted octanol–water partition coefficient (Wildman–Crippen LogP) is 7.48. The Bertz CT molecular complexity index is 1140. The van der Waals surface area contributed by atoms with Gasteiger partial charge >= 0.3 is 0 Å². The van der Waals surface area contributed by atoms with E-state index in [9.17, 15) is 0 Å². The fourth-order valence-corrected chi connectivity index (χ4v) is 5.31. The molecule has 0 saturated heterocycles. The maximum atomic E-state index is 2.46. The third-order valence-corrected chi connectivity index (χ3v) is 6.70. The number of benzene rings is 3. The minimum Gasteiger partial charge on any atom is -0.0804 e. The lowest BCUT2D eigenvalue weighted by atomic mass is 9.68. The Balaban J connectivity index is 1.86. The summed E-state index contributed by atoms with van der Waals surface area (Å²) in [5.74, 6) is 0.401. The minimum atomic E-state index is 0.0921. The highest BCUT2D eigenvalue weighted by atomic mass is 14.4. The Morgan fingerprint density at radius 3 is 2.48 bits per heavy atom. The lowest BCUT2D eigenvalue weighted by Crippen LogP contribution is -2.24. The molecule has 0 fully saturated rings. The number of aryl methyl sites for hydroxylation is 2. The van der Waals surface area contributed by atoms with E-state index in [4.69, 9.17) is 0 Å².